The molecule has 0 aliphatic carbocycles. The van der Waals surface area contributed by atoms with Crippen molar-refractivity contribution >= 4 is 27.5 Å². The molecule has 9 heteroatoms. The highest BCUT2D eigenvalue weighted by Crippen LogP contribution is 2.28. The Morgan fingerprint density at radius 3 is 1.98 bits per heavy atom. The predicted octanol–water partition coefficient (Wildman–Crippen LogP) is 5.54. The molecule has 1 N–H and O–H groups in total. The van der Waals surface area contributed by atoms with Crippen molar-refractivity contribution in [2.24, 2.45) is 0 Å². The number of nitrogens with one attached hydrogen (secondary N) is 1. The van der Waals surface area contributed by atoms with Gasteiger partial charge in [-0.25, -0.2) is 8.42 Å². The van der Waals surface area contributed by atoms with Gasteiger partial charge in [0.05, 0.1) is 10.6 Å². The Labute approximate surface area is 247 Å². The zero-order valence-corrected chi connectivity index (χ0v) is 24.8. The first-order valence-electron chi connectivity index (χ1n) is 13.7. The lowest BCUT2D eigenvalue weighted by Gasteiger charge is -2.32. The van der Waals surface area contributed by atoms with Crippen molar-refractivity contribution in [2.75, 3.05) is 17.4 Å². The summed E-state index contributed by atoms with van der Waals surface area (Å²) in [5, 5.41) is 2.76. The van der Waals surface area contributed by atoms with Gasteiger partial charge in [-0.2, -0.15) is 0 Å². The maximum atomic E-state index is 13.9. The van der Waals surface area contributed by atoms with Crippen LogP contribution in [-0.2, 0) is 26.2 Å². The second-order valence-electron chi connectivity index (χ2n) is 9.81. The molecule has 0 heterocycles. The highest BCUT2D eigenvalue weighted by molar-refractivity contribution is 7.92. The number of carbonyl (C=O) groups is 2. The molecule has 218 valence electrons. The molecule has 0 fully saturated rings. The number of nitrogens with zero attached hydrogens (tertiary/aromatic N) is 2. The SMILES string of the molecule is CCNC(=O)[C@H](C)N(Cc1ccc(C)cc1)C(=O)CN(c1ccc(Oc2ccccc2)cc1)S(=O)(=O)c1ccccc1. The van der Waals surface area contributed by atoms with E-state index in [0.717, 1.165) is 15.4 Å². The average Bonchev–Trinajstić information content (AvgIpc) is 3.00. The molecule has 0 unspecified atom stereocenters. The van der Waals surface area contributed by atoms with Crippen LogP contribution in [0.4, 0.5) is 5.69 Å². The van der Waals surface area contributed by atoms with Crippen LogP contribution in [0.3, 0.4) is 0 Å². The summed E-state index contributed by atoms with van der Waals surface area (Å²) in [7, 11) is -4.14. The number of sulfonamides is 1. The lowest BCUT2D eigenvalue weighted by Crippen LogP contribution is -2.51. The minimum atomic E-state index is -4.14. The number of rotatable bonds is 12. The van der Waals surface area contributed by atoms with E-state index in [1.54, 1.807) is 56.3 Å². The zero-order chi connectivity index (χ0) is 30.1. The summed E-state index contributed by atoms with van der Waals surface area (Å²) in [4.78, 5) is 28.3. The van der Waals surface area contributed by atoms with Crippen molar-refractivity contribution in [1.29, 1.82) is 0 Å². The second-order valence-corrected chi connectivity index (χ2v) is 11.7. The van der Waals surface area contributed by atoms with Gasteiger partial charge in [0.1, 0.15) is 24.1 Å². The quantitative estimate of drug-likeness (QED) is 0.236. The predicted molar refractivity (Wildman–Crippen MR) is 164 cm³/mol. The van der Waals surface area contributed by atoms with E-state index < -0.39 is 28.5 Å². The molecule has 0 aliphatic heterocycles. The van der Waals surface area contributed by atoms with Gasteiger partial charge in [-0.15, -0.1) is 0 Å². The number of benzene rings is 4. The number of para-hydroxylation sites is 1. The van der Waals surface area contributed by atoms with Crippen LogP contribution in [0.25, 0.3) is 0 Å². The van der Waals surface area contributed by atoms with Crippen LogP contribution in [0.1, 0.15) is 25.0 Å². The number of carbonyl (C=O) groups excluding carboxylic acids is 2. The fourth-order valence-electron chi connectivity index (χ4n) is 4.35. The first-order valence-corrected chi connectivity index (χ1v) is 15.2. The van der Waals surface area contributed by atoms with Crippen LogP contribution < -0.4 is 14.4 Å². The lowest BCUT2D eigenvalue weighted by atomic mass is 10.1. The summed E-state index contributed by atoms with van der Waals surface area (Å²) in [6, 6.07) is 30.5. The van der Waals surface area contributed by atoms with E-state index in [9.17, 15) is 18.0 Å². The Balaban J connectivity index is 1.68. The van der Waals surface area contributed by atoms with Gasteiger partial charge in [0.2, 0.25) is 11.8 Å². The van der Waals surface area contributed by atoms with Crippen LogP contribution in [0.2, 0.25) is 0 Å². The van der Waals surface area contributed by atoms with Crippen LogP contribution >= 0.6 is 0 Å². The Morgan fingerprint density at radius 1 is 0.810 bits per heavy atom. The summed E-state index contributed by atoms with van der Waals surface area (Å²) in [6.07, 6.45) is 0. The van der Waals surface area contributed by atoms with Gasteiger partial charge < -0.3 is 15.0 Å². The third-order valence-electron chi connectivity index (χ3n) is 6.71. The van der Waals surface area contributed by atoms with Gasteiger partial charge in [0.15, 0.2) is 0 Å². The first kappa shape index (κ1) is 30.3. The van der Waals surface area contributed by atoms with Crippen molar-refractivity contribution in [2.45, 2.75) is 38.3 Å². The maximum Gasteiger partial charge on any atom is 0.264 e. The Bertz CT molecular complexity index is 1580. The minimum Gasteiger partial charge on any atom is -0.457 e. The minimum absolute atomic E-state index is 0.0456. The van der Waals surface area contributed by atoms with E-state index in [-0.39, 0.29) is 23.0 Å². The van der Waals surface area contributed by atoms with Crippen molar-refractivity contribution in [1.82, 2.24) is 10.2 Å². The molecule has 0 bridgehead atoms. The molecule has 4 rings (SSSR count). The summed E-state index contributed by atoms with van der Waals surface area (Å²) < 4.78 is 34.8. The number of ether oxygens (including phenoxy) is 1. The number of hydrogen-bond donors (Lipinski definition) is 1. The Morgan fingerprint density at radius 2 is 1.38 bits per heavy atom. The molecule has 8 nitrogen and oxygen atoms in total. The molecule has 0 aliphatic rings. The highest BCUT2D eigenvalue weighted by atomic mass is 32.2. The zero-order valence-electron chi connectivity index (χ0n) is 23.9. The van der Waals surface area contributed by atoms with Gasteiger partial charge in [0, 0.05) is 13.1 Å². The van der Waals surface area contributed by atoms with Crippen molar-refractivity contribution in [3.63, 3.8) is 0 Å². The molecule has 0 radical (unpaired) electrons. The fourth-order valence-corrected chi connectivity index (χ4v) is 5.78. The van der Waals surface area contributed by atoms with E-state index in [2.05, 4.69) is 5.32 Å². The topological polar surface area (TPSA) is 96.0 Å². The standard InChI is InChI=1S/C33H35N3O5S/c1-4-34-33(38)26(3)35(23-27-17-15-25(2)16-18-27)32(37)24-36(42(39,40)31-13-9-6-10-14-31)28-19-21-30(22-20-28)41-29-11-7-5-8-12-29/h5-22,26H,4,23-24H2,1-3H3,(H,34,38)/t26-/m0/s1. The number of hydrogen-bond acceptors (Lipinski definition) is 5. The van der Waals surface area contributed by atoms with E-state index in [1.807, 2.05) is 61.5 Å². The third-order valence-corrected chi connectivity index (χ3v) is 8.49. The summed E-state index contributed by atoms with van der Waals surface area (Å²) in [5.74, 6) is 0.316. The molecule has 1 atom stereocenters. The molecular formula is C33H35N3O5S. The van der Waals surface area contributed by atoms with E-state index in [4.69, 9.17) is 4.74 Å². The van der Waals surface area contributed by atoms with Crippen molar-refractivity contribution in [3.05, 3.63) is 120 Å². The van der Waals surface area contributed by atoms with Gasteiger partial charge >= 0.3 is 0 Å². The molecule has 42 heavy (non-hydrogen) atoms. The molecule has 4 aromatic carbocycles. The van der Waals surface area contributed by atoms with E-state index in [1.165, 1.54) is 17.0 Å². The number of anilines is 1. The summed E-state index contributed by atoms with van der Waals surface area (Å²) in [6.45, 7) is 5.44. The average molecular weight is 586 g/mol. The molecule has 0 saturated heterocycles. The first-order chi connectivity index (χ1) is 20.2. The molecule has 2 amide bonds. The smallest absolute Gasteiger partial charge is 0.264 e. The Kier molecular flexibility index (Phi) is 9.98. The highest BCUT2D eigenvalue weighted by Gasteiger charge is 2.32. The lowest BCUT2D eigenvalue weighted by molar-refractivity contribution is -0.139. The van der Waals surface area contributed by atoms with Crippen LogP contribution in [-0.4, -0.2) is 44.3 Å². The monoisotopic (exact) mass is 585 g/mol. The van der Waals surface area contributed by atoms with Crippen LogP contribution in [0.15, 0.2) is 114 Å². The second kappa shape index (κ2) is 13.8. The molecule has 0 spiro atoms. The number of aryl methyl sites for hydroxylation is 1. The molecule has 0 aromatic heterocycles. The number of likely N-dealkylation sites (N-methyl/N-ethyl adjacent to an activating group) is 1. The van der Waals surface area contributed by atoms with Crippen LogP contribution in [0.5, 0.6) is 11.5 Å². The number of amides is 2. The van der Waals surface area contributed by atoms with Crippen molar-refractivity contribution < 1.29 is 22.7 Å². The largest absolute Gasteiger partial charge is 0.457 e. The fraction of sp³-hybridized carbons (Fsp3) is 0.212. The Hall–Kier alpha value is -4.63. The van der Waals surface area contributed by atoms with E-state index >= 15 is 0 Å². The van der Waals surface area contributed by atoms with E-state index in [0.29, 0.717) is 18.0 Å². The van der Waals surface area contributed by atoms with Gasteiger partial charge in [-0.05, 0) is 74.9 Å². The van der Waals surface area contributed by atoms with Gasteiger partial charge in [-0.3, -0.25) is 13.9 Å². The van der Waals surface area contributed by atoms with Gasteiger partial charge in [0.25, 0.3) is 10.0 Å². The molecule has 0 saturated carbocycles. The normalized spacial score (nSPS) is 11.8. The molecular weight excluding hydrogens is 550 g/mol. The molecule has 4 aromatic rings. The van der Waals surface area contributed by atoms with Gasteiger partial charge in [-0.1, -0.05) is 66.2 Å². The maximum absolute atomic E-state index is 13.9. The van der Waals surface area contributed by atoms with Crippen LogP contribution in [0, 0.1) is 6.92 Å². The summed E-state index contributed by atoms with van der Waals surface area (Å²) in [5.41, 5.74) is 2.17. The third kappa shape index (κ3) is 7.55. The van der Waals surface area contributed by atoms with Crippen molar-refractivity contribution in [3.8, 4) is 11.5 Å². The summed E-state index contributed by atoms with van der Waals surface area (Å²) >= 11 is 0.